The monoisotopic (exact) mass is 287 g/mol. The summed E-state index contributed by atoms with van der Waals surface area (Å²) in [5.74, 6) is 0. The van der Waals surface area contributed by atoms with Crippen LogP contribution in [-0.4, -0.2) is 45.3 Å². The minimum atomic E-state index is 0.0122. The van der Waals surface area contributed by atoms with Gasteiger partial charge in [-0.05, 0) is 31.5 Å². The van der Waals surface area contributed by atoms with Crippen LogP contribution in [0.25, 0.3) is 10.9 Å². The molecule has 0 aliphatic carbocycles. The summed E-state index contributed by atoms with van der Waals surface area (Å²) in [4.78, 5) is 19.0. The molecule has 0 saturated carbocycles. The summed E-state index contributed by atoms with van der Waals surface area (Å²) in [6.45, 7) is 2.60. The van der Waals surface area contributed by atoms with Gasteiger partial charge in [-0.2, -0.15) is 0 Å². The van der Waals surface area contributed by atoms with Crippen LogP contribution < -0.4 is 5.56 Å². The molecule has 5 nitrogen and oxygen atoms in total. The summed E-state index contributed by atoms with van der Waals surface area (Å²) < 4.78 is 1.67. The minimum absolute atomic E-state index is 0.0122. The molecule has 5 heteroatoms. The quantitative estimate of drug-likeness (QED) is 0.919. The molecule has 0 spiro atoms. The number of aromatic nitrogens is 2. The summed E-state index contributed by atoms with van der Waals surface area (Å²) in [7, 11) is 0. The Bertz CT molecular complexity index is 668. The zero-order chi connectivity index (χ0) is 14.7. The van der Waals surface area contributed by atoms with Gasteiger partial charge in [-0.15, -0.1) is 0 Å². The number of benzene rings is 1. The molecule has 1 atom stereocenters. The van der Waals surface area contributed by atoms with E-state index < -0.39 is 0 Å². The molecule has 112 valence electrons. The molecule has 1 N–H and O–H groups in total. The van der Waals surface area contributed by atoms with Gasteiger partial charge in [-0.3, -0.25) is 14.3 Å². The molecule has 1 aliphatic rings. The van der Waals surface area contributed by atoms with Crippen LogP contribution in [0.2, 0.25) is 0 Å². The number of para-hydroxylation sites is 1. The van der Waals surface area contributed by atoms with Crippen molar-refractivity contribution in [3.8, 4) is 0 Å². The zero-order valence-electron chi connectivity index (χ0n) is 12.1. The van der Waals surface area contributed by atoms with E-state index in [9.17, 15) is 9.90 Å². The van der Waals surface area contributed by atoms with Crippen molar-refractivity contribution in [2.45, 2.75) is 31.8 Å². The fourth-order valence-corrected chi connectivity index (χ4v) is 3.06. The van der Waals surface area contributed by atoms with Crippen LogP contribution in [0.3, 0.4) is 0 Å². The highest BCUT2D eigenvalue weighted by Gasteiger charge is 2.21. The van der Waals surface area contributed by atoms with Crippen molar-refractivity contribution in [2.75, 3.05) is 19.7 Å². The van der Waals surface area contributed by atoms with Crippen LogP contribution in [0.5, 0.6) is 0 Å². The smallest absolute Gasteiger partial charge is 0.261 e. The molecule has 1 unspecified atom stereocenters. The number of piperidine rings is 1. The number of aliphatic hydroxyl groups excluding tert-OH is 1. The molecule has 1 saturated heterocycles. The number of fused-ring (bicyclic) bond motifs is 1. The second-order valence-electron chi connectivity index (χ2n) is 5.63. The normalized spacial score (nSPS) is 20.0. The van der Waals surface area contributed by atoms with E-state index in [1.54, 1.807) is 10.9 Å². The molecule has 0 radical (unpaired) electrons. The van der Waals surface area contributed by atoms with Crippen molar-refractivity contribution in [2.24, 2.45) is 0 Å². The maximum absolute atomic E-state index is 12.4. The lowest BCUT2D eigenvalue weighted by Gasteiger charge is -2.34. The Hall–Kier alpha value is -1.72. The zero-order valence-corrected chi connectivity index (χ0v) is 12.1. The van der Waals surface area contributed by atoms with Crippen molar-refractivity contribution in [3.63, 3.8) is 0 Å². The van der Waals surface area contributed by atoms with E-state index >= 15 is 0 Å². The third kappa shape index (κ3) is 2.99. The summed E-state index contributed by atoms with van der Waals surface area (Å²) in [6, 6.07) is 7.66. The van der Waals surface area contributed by atoms with Crippen LogP contribution in [0, 0.1) is 0 Å². The highest BCUT2D eigenvalue weighted by Crippen LogP contribution is 2.16. The molecule has 1 aromatic carbocycles. The van der Waals surface area contributed by atoms with E-state index in [-0.39, 0.29) is 18.2 Å². The Morgan fingerprint density at radius 3 is 2.95 bits per heavy atom. The second kappa shape index (κ2) is 6.37. The fraction of sp³-hybridized carbons (Fsp3) is 0.500. The van der Waals surface area contributed by atoms with Gasteiger partial charge in [0.25, 0.3) is 5.56 Å². The number of nitrogens with zero attached hydrogens (tertiary/aromatic N) is 3. The number of hydrogen-bond acceptors (Lipinski definition) is 4. The third-order valence-electron chi connectivity index (χ3n) is 4.32. The summed E-state index contributed by atoms with van der Waals surface area (Å²) in [5, 5.41) is 10.1. The summed E-state index contributed by atoms with van der Waals surface area (Å²) >= 11 is 0. The third-order valence-corrected chi connectivity index (χ3v) is 4.32. The van der Waals surface area contributed by atoms with Crippen LogP contribution in [-0.2, 0) is 6.54 Å². The maximum Gasteiger partial charge on any atom is 0.261 e. The van der Waals surface area contributed by atoms with Crippen LogP contribution in [0.4, 0.5) is 0 Å². The Morgan fingerprint density at radius 1 is 1.24 bits per heavy atom. The SMILES string of the molecule is O=c1c2ccccc2ncn1CCN1CCCCC1CO. The molecule has 0 bridgehead atoms. The Balaban J connectivity index is 1.76. The van der Waals surface area contributed by atoms with Gasteiger partial charge in [0.1, 0.15) is 0 Å². The molecule has 2 aromatic rings. The average Bonchev–Trinajstić information content (AvgIpc) is 2.55. The molecular weight excluding hydrogens is 266 g/mol. The number of rotatable bonds is 4. The maximum atomic E-state index is 12.4. The van der Waals surface area contributed by atoms with Crippen LogP contribution in [0.1, 0.15) is 19.3 Å². The number of likely N-dealkylation sites (tertiary alicyclic amines) is 1. The highest BCUT2D eigenvalue weighted by atomic mass is 16.3. The second-order valence-corrected chi connectivity index (χ2v) is 5.63. The fourth-order valence-electron chi connectivity index (χ4n) is 3.06. The van der Waals surface area contributed by atoms with Gasteiger partial charge >= 0.3 is 0 Å². The van der Waals surface area contributed by atoms with Crippen molar-refractivity contribution < 1.29 is 5.11 Å². The first-order chi connectivity index (χ1) is 10.3. The van der Waals surface area contributed by atoms with Gasteiger partial charge < -0.3 is 5.11 Å². The first-order valence-electron chi connectivity index (χ1n) is 7.58. The van der Waals surface area contributed by atoms with Gasteiger partial charge in [0, 0.05) is 19.1 Å². The van der Waals surface area contributed by atoms with E-state index in [2.05, 4.69) is 9.88 Å². The molecule has 0 amide bonds. The van der Waals surface area contributed by atoms with Gasteiger partial charge in [-0.1, -0.05) is 18.6 Å². The summed E-state index contributed by atoms with van der Waals surface area (Å²) in [5.41, 5.74) is 0.753. The van der Waals surface area contributed by atoms with E-state index in [0.717, 1.165) is 25.0 Å². The number of aliphatic hydroxyl groups is 1. The van der Waals surface area contributed by atoms with E-state index in [0.29, 0.717) is 11.9 Å². The van der Waals surface area contributed by atoms with Crippen molar-refractivity contribution in [1.82, 2.24) is 14.5 Å². The Morgan fingerprint density at radius 2 is 2.10 bits per heavy atom. The topological polar surface area (TPSA) is 58.4 Å². The molecular formula is C16H21N3O2. The average molecular weight is 287 g/mol. The summed E-state index contributed by atoms with van der Waals surface area (Å²) in [6.07, 6.45) is 5.02. The molecule has 1 aliphatic heterocycles. The lowest BCUT2D eigenvalue weighted by atomic mass is 10.0. The van der Waals surface area contributed by atoms with Gasteiger partial charge in [-0.25, -0.2) is 4.98 Å². The van der Waals surface area contributed by atoms with Crippen molar-refractivity contribution >= 4 is 10.9 Å². The van der Waals surface area contributed by atoms with Crippen molar-refractivity contribution in [3.05, 3.63) is 40.9 Å². The van der Waals surface area contributed by atoms with E-state index in [1.807, 2.05) is 24.3 Å². The Kier molecular flexibility index (Phi) is 4.31. The van der Waals surface area contributed by atoms with Crippen LogP contribution >= 0.6 is 0 Å². The molecule has 3 rings (SSSR count). The van der Waals surface area contributed by atoms with Crippen LogP contribution in [0.15, 0.2) is 35.4 Å². The minimum Gasteiger partial charge on any atom is -0.395 e. The predicted octanol–water partition coefficient (Wildman–Crippen LogP) is 1.24. The van der Waals surface area contributed by atoms with Gasteiger partial charge in [0.15, 0.2) is 0 Å². The van der Waals surface area contributed by atoms with Crippen molar-refractivity contribution in [1.29, 1.82) is 0 Å². The molecule has 1 aromatic heterocycles. The predicted molar refractivity (Wildman–Crippen MR) is 82.3 cm³/mol. The van der Waals surface area contributed by atoms with E-state index in [1.165, 1.54) is 12.8 Å². The number of hydrogen-bond donors (Lipinski definition) is 1. The molecule has 2 heterocycles. The first-order valence-corrected chi connectivity index (χ1v) is 7.58. The van der Waals surface area contributed by atoms with E-state index in [4.69, 9.17) is 0 Å². The van der Waals surface area contributed by atoms with Gasteiger partial charge in [0.05, 0.1) is 23.8 Å². The molecule has 21 heavy (non-hydrogen) atoms. The lowest BCUT2D eigenvalue weighted by Crippen LogP contribution is -2.44. The highest BCUT2D eigenvalue weighted by molar-refractivity contribution is 5.76. The molecule has 1 fully saturated rings. The standard InChI is InChI=1S/C16H21N3O2/c20-11-13-5-3-4-8-18(13)9-10-19-12-17-15-7-2-1-6-14(15)16(19)21/h1-2,6-7,12-13,20H,3-5,8-11H2. The Labute approximate surface area is 123 Å². The van der Waals surface area contributed by atoms with Gasteiger partial charge in [0.2, 0.25) is 0 Å². The largest absolute Gasteiger partial charge is 0.395 e. The first kappa shape index (κ1) is 14.2. The lowest BCUT2D eigenvalue weighted by molar-refractivity contribution is 0.0869.